The fourth-order valence-corrected chi connectivity index (χ4v) is 2.10. The predicted octanol–water partition coefficient (Wildman–Crippen LogP) is 4.37. The molecule has 21 heavy (non-hydrogen) atoms. The Morgan fingerprint density at radius 2 is 1.76 bits per heavy atom. The van der Waals surface area contributed by atoms with Gasteiger partial charge in [-0.3, -0.25) is 0 Å². The molecular formula is C17H21FN2O. The number of nitrogen functional groups attached to an aromatic ring is 1. The molecule has 2 aromatic carbocycles. The fourth-order valence-electron chi connectivity index (χ4n) is 2.10. The number of nitrogens with one attached hydrogen (secondary N) is 1. The monoisotopic (exact) mass is 288 g/mol. The highest BCUT2D eigenvalue weighted by atomic mass is 19.1. The Morgan fingerprint density at radius 1 is 1.10 bits per heavy atom. The van der Waals surface area contributed by atoms with E-state index in [-0.39, 0.29) is 17.9 Å². The van der Waals surface area contributed by atoms with Gasteiger partial charge in [-0.1, -0.05) is 30.3 Å². The molecule has 0 aromatic heterocycles. The minimum absolute atomic E-state index is 0.0610. The summed E-state index contributed by atoms with van der Waals surface area (Å²) < 4.78 is 19.3. The lowest BCUT2D eigenvalue weighted by Gasteiger charge is -2.19. The van der Waals surface area contributed by atoms with Gasteiger partial charge in [-0.25, -0.2) is 4.39 Å². The summed E-state index contributed by atoms with van der Waals surface area (Å²) in [6.45, 7) is 5.74. The number of nitrogens with two attached hydrogens (primary N) is 1. The number of ether oxygens (including phenoxy) is 1. The Balaban J connectivity index is 2.23. The molecule has 2 aromatic rings. The first-order valence-corrected chi connectivity index (χ1v) is 7.04. The van der Waals surface area contributed by atoms with Gasteiger partial charge in [0.1, 0.15) is 0 Å². The van der Waals surface area contributed by atoms with Crippen molar-refractivity contribution in [1.82, 2.24) is 0 Å². The first-order chi connectivity index (χ1) is 9.97. The van der Waals surface area contributed by atoms with E-state index in [9.17, 15) is 4.39 Å². The van der Waals surface area contributed by atoms with Crippen molar-refractivity contribution in [3.05, 3.63) is 53.8 Å². The zero-order valence-electron chi connectivity index (χ0n) is 12.6. The third-order valence-electron chi connectivity index (χ3n) is 3.14. The zero-order chi connectivity index (χ0) is 15.4. The van der Waals surface area contributed by atoms with E-state index in [1.54, 1.807) is 6.07 Å². The Bertz CT molecular complexity index is 599. The van der Waals surface area contributed by atoms with Crippen LogP contribution in [0.15, 0.2) is 42.5 Å². The number of benzene rings is 2. The summed E-state index contributed by atoms with van der Waals surface area (Å²) in [6, 6.07) is 13.0. The van der Waals surface area contributed by atoms with Crippen LogP contribution < -0.4 is 15.8 Å². The van der Waals surface area contributed by atoms with Crippen molar-refractivity contribution in [1.29, 1.82) is 0 Å². The van der Waals surface area contributed by atoms with Gasteiger partial charge in [0, 0.05) is 18.2 Å². The number of halogens is 1. The Kier molecular flexibility index (Phi) is 4.68. The van der Waals surface area contributed by atoms with Crippen molar-refractivity contribution in [2.45, 2.75) is 32.9 Å². The van der Waals surface area contributed by atoms with Gasteiger partial charge in [-0.05, 0) is 26.3 Å². The molecule has 0 aliphatic carbocycles. The second-order valence-corrected chi connectivity index (χ2v) is 5.31. The van der Waals surface area contributed by atoms with Crippen molar-refractivity contribution in [3.8, 4) is 5.75 Å². The van der Waals surface area contributed by atoms with Crippen LogP contribution in [-0.2, 0) is 0 Å². The van der Waals surface area contributed by atoms with Crippen molar-refractivity contribution >= 4 is 11.4 Å². The molecule has 0 spiro atoms. The maximum absolute atomic E-state index is 13.8. The number of hydrogen-bond donors (Lipinski definition) is 2. The van der Waals surface area contributed by atoms with E-state index in [4.69, 9.17) is 10.5 Å². The maximum Gasteiger partial charge on any atom is 0.167 e. The van der Waals surface area contributed by atoms with Crippen LogP contribution in [0.3, 0.4) is 0 Å². The minimum atomic E-state index is -0.445. The van der Waals surface area contributed by atoms with Crippen LogP contribution >= 0.6 is 0 Å². The molecule has 112 valence electrons. The lowest BCUT2D eigenvalue weighted by Crippen LogP contribution is -2.11. The summed E-state index contributed by atoms with van der Waals surface area (Å²) in [4.78, 5) is 0. The molecule has 0 amide bonds. The molecule has 2 rings (SSSR count). The summed E-state index contributed by atoms with van der Waals surface area (Å²) in [6.07, 6.45) is -0.0949. The first kappa shape index (κ1) is 15.2. The van der Waals surface area contributed by atoms with E-state index in [0.717, 1.165) is 5.56 Å². The quantitative estimate of drug-likeness (QED) is 0.803. The van der Waals surface area contributed by atoms with Crippen LogP contribution in [0.2, 0.25) is 0 Å². The van der Waals surface area contributed by atoms with E-state index < -0.39 is 5.82 Å². The second kappa shape index (κ2) is 6.48. The summed E-state index contributed by atoms with van der Waals surface area (Å²) in [5, 5.41) is 3.30. The number of anilines is 2. The standard InChI is InChI=1S/C17H21FN2O/c1-11(2)21-17-10-16(15(19)9-14(17)18)20-12(3)13-7-5-4-6-8-13/h4-12,20H,19H2,1-3H3. The summed E-state index contributed by atoms with van der Waals surface area (Å²) in [7, 11) is 0. The molecule has 0 aliphatic rings. The average molecular weight is 288 g/mol. The highest BCUT2D eigenvalue weighted by molar-refractivity contribution is 5.69. The topological polar surface area (TPSA) is 47.3 Å². The van der Waals surface area contributed by atoms with Gasteiger partial charge in [0.2, 0.25) is 0 Å². The van der Waals surface area contributed by atoms with E-state index in [2.05, 4.69) is 5.32 Å². The lowest BCUT2D eigenvalue weighted by molar-refractivity contribution is 0.231. The second-order valence-electron chi connectivity index (χ2n) is 5.31. The minimum Gasteiger partial charge on any atom is -0.488 e. The van der Waals surface area contributed by atoms with Crippen LogP contribution in [0.1, 0.15) is 32.4 Å². The molecule has 0 aliphatic heterocycles. The maximum atomic E-state index is 13.8. The molecule has 0 fully saturated rings. The van der Waals surface area contributed by atoms with Gasteiger partial charge in [-0.2, -0.15) is 0 Å². The molecule has 1 unspecified atom stereocenters. The smallest absolute Gasteiger partial charge is 0.167 e. The first-order valence-electron chi connectivity index (χ1n) is 7.04. The molecule has 3 nitrogen and oxygen atoms in total. The largest absolute Gasteiger partial charge is 0.488 e. The van der Waals surface area contributed by atoms with Crippen LogP contribution in [0.5, 0.6) is 5.75 Å². The fraction of sp³-hybridized carbons (Fsp3) is 0.294. The van der Waals surface area contributed by atoms with Crippen LogP contribution in [0.25, 0.3) is 0 Å². The van der Waals surface area contributed by atoms with Crippen molar-refractivity contribution in [2.24, 2.45) is 0 Å². The molecule has 0 heterocycles. The summed E-state index contributed by atoms with van der Waals surface area (Å²) >= 11 is 0. The molecule has 1 atom stereocenters. The van der Waals surface area contributed by atoms with Crippen molar-refractivity contribution in [3.63, 3.8) is 0 Å². The van der Waals surface area contributed by atoms with Gasteiger partial charge in [0.05, 0.1) is 17.5 Å². The predicted molar refractivity (Wildman–Crippen MR) is 85.1 cm³/mol. The normalized spacial score (nSPS) is 12.2. The zero-order valence-corrected chi connectivity index (χ0v) is 12.6. The van der Waals surface area contributed by atoms with Crippen molar-refractivity contribution in [2.75, 3.05) is 11.1 Å². The van der Waals surface area contributed by atoms with Crippen LogP contribution in [0, 0.1) is 5.82 Å². The highest BCUT2D eigenvalue weighted by Gasteiger charge is 2.13. The molecule has 3 N–H and O–H groups in total. The van der Waals surface area contributed by atoms with E-state index in [1.165, 1.54) is 6.07 Å². The summed E-state index contributed by atoms with van der Waals surface area (Å²) in [5.74, 6) is -0.235. The third kappa shape index (κ3) is 3.88. The van der Waals surface area contributed by atoms with Crippen LogP contribution in [-0.4, -0.2) is 6.10 Å². The Morgan fingerprint density at radius 3 is 2.38 bits per heavy atom. The van der Waals surface area contributed by atoms with E-state index in [0.29, 0.717) is 11.4 Å². The number of hydrogen-bond acceptors (Lipinski definition) is 3. The van der Waals surface area contributed by atoms with Crippen LogP contribution in [0.4, 0.5) is 15.8 Å². The number of rotatable bonds is 5. The van der Waals surface area contributed by atoms with E-state index >= 15 is 0 Å². The van der Waals surface area contributed by atoms with Crippen molar-refractivity contribution < 1.29 is 9.13 Å². The molecule has 0 bridgehead atoms. The molecular weight excluding hydrogens is 267 g/mol. The van der Waals surface area contributed by atoms with Gasteiger partial charge >= 0.3 is 0 Å². The van der Waals surface area contributed by atoms with E-state index in [1.807, 2.05) is 51.1 Å². The Hall–Kier alpha value is -2.23. The molecule has 0 saturated carbocycles. The summed E-state index contributed by atoms with van der Waals surface area (Å²) in [5.41, 5.74) is 8.06. The molecule has 0 radical (unpaired) electrons. The highest BCUT2D eigenvalue weighted by Crippen LogP contribution is 2.31. The lowest BCUT2D eigenvalue weighted by atomic mass is 10.1. The van der Waals surface area contributed by atoms with Gasteiger partial charge in [0.25, 0.3) is 0 Å². The van der Waals surface area contributed by atoms with Gasteiger partial charge < -0.3 is 15.8 Å². The van der Waals surface area contributed by atoms with Gasteiger partial charge in [-0.15, -0.1) is 0 Å². The SMILES string of the molecule is CC(C)Oc1cc(NC(C)c2ccccc2)c(N)cc1F. The Labute approximate surface area is 124 Å². The molecule has 0 saturated heterocycles. The average Bonchev–Trinajstić information content (AvgIpc) is 2.44. The molecule has 4 heteroatoms. The third-order valence-corrected chi connectivity index (χ3v) is 3.14. The van der Waals surface area contributed by atoms with Gasteiger partial charge in [0.15, 0.2) is 11.6 Å².